The summed E-state index contributed by atoms with van der Waals surface area (Å²) < 4.78 is 82.5. The van der Waals surface area contributed by atoms with Crippen molar-refractivity contribution in [1.82, 2.24) is 5.32 Å². The molecule has 4 N–H and O–H groups in total. The van der Waals surface area contributed by atoms with Crippen LogP contribution >= 0.6 is 0 Å². The van der Waals surface area contributed by atoms with Gasteiger partial charge in [0.05, 0.1) is 18.5 Å². The number of nitrogens with zero attached hydrogens (tertiary/aromatic N) is 1. The van der Waals surface area contributed by atoms with Crippen molar-refractivity contribution in [1.29, 1.82) is 0 Å². The fraction of sp³-hybridized carbons (Fsp3) is 0.407. The van der Waals surface area contributed by atoms with Crippen LogP contribution in [-0.4, -0.2) is 49.1 Å². The molecule has 0 aromatic heterocycles. The number of hydrogen-bond acceptors (Lipinski definition) is 5. The summed E-state index contributed by atoms with van der Waals surface area (Å²) in [5.41, 5.74) is 6.88. The van der Waals surface area contributed by atoms with Gasteiger partial charge < -0.3 is 21.1 Å². The number of aliphatic imine (C=N–C) groups is 1. The Kier molecular flexibility index (Phi) is 10.00. The van der Waals surface area contributed by atoms with E-state index in [2.05, 4.69) is 15.6 Å². The molecule has 0 unspecified atom stereocenters. The summed E-state index contributed by atoms with van der Waals surface area (Å²) >= 11 is 0. The van der Waals surface area contributed by atoms with Gasteiger partial charge in [0.15, 0.2) is 0 Å². The van der Waals surface area contributed by atoms with E-state index in [1.807, 2.05) is 0 Å². The number of methoxy groups -OCH3 is 1. The van der Waals surface area contributed by atoms with Crippen LogP contribution in [0.4, 0.5) is 32.0 Å². The fourth-order valence-corrected chi connectivity index (χ4v) is 4.48. The number of carbonyl (C=O) groups excluding carboxylic acids is 3. The maximum absolute atomic E-state index is 13.3. The van der Waals surface area contributed by atoms with Crippen LogP contribution in [0.1, 0.15) is 43.2 Å². The number of carbonyl (C=O) groups is 3. The van der Waals surface area contributed by atoms with E-state index in [1.165, 1.54) is 13.2 Å². The van der Waals surface area contributed by atoms with Crippen LogP contribution in [-0.2, 0) is 14.4 Å². The Hall–Kier alpha value is -4.10. The second-order valence-corrected chi connectivity index (χ2v) is 9.43. The Morgan fingerprint density at radius 2 is 1.66 bits per heavy atom. The molecular formula is C27H28F6N4O4. The Morgan fingerprint density at radius 1 is 1.00 bits per heavy atom. The first-order chi connectivity index (χ1) is 19.2. The zero-order valence-electron chi connectivity index (χ0n) is 21.8. The number of anilines is 1. The number of nitrogens with one attached hydrogen (secondary N) is 2. The van der Waals surface area contributed by atoms with Crippen LogP contribution in [0.5, 0.6) is 5.75 Å². The van der Waals surface area contributed by atoms with Gasteiger partial charge in [-0.3, -0.25) is 14.4 Å². The van der Waals surface area contributed by atoms with Crippen molar-refractivity contribution in [3.05, 3.63) is 59.7 Å². The average Bonchev–Trinajstić information content (AvgIpc) is 3.02. The van der Waals surface area contributed by atoms with Crippen LogP contribution in [0, 0.1) is 11.8 Å². The summed E-state index contributed by atoms with van der Waals surface area (Å²) in [5.74, 6) is -6.27. The predicted octanol–water partition coefficient (Wildman–Crippen LogP) is 4.72. The Bertz CT molecular complexity index is 1280. The number of halogens is 6. The molecule has 3 atom stereocenters. The summed E-state index contributed by atoms with van der Waals surface area (Å²) in [6.45, 7) is 0. The molecule has 2 aromatic carbocycles. The first-order valence-corrected chi connectivity index (χ1v) is 12.5. The number of ether oxygens (including phenoxy) is 1. The molecule has 0 aliphatic carbocycles. The highest BCUT2D eigenvalue weighted by Crippen LogP contribution is 2.32. The van der Waals surface area contributed by atoms with Crippen molar-refractivity contribution in [3.8, 4) is 5.75 Å². The average molecular weight is 587 g/mol. The number of fused-ring (bicyclic) bond motifs is 1. The van der Waals surface area contributed by atoms with E-state index in [0.29, 0.717) is 16.9 Å². The lowest BCUT2D eigenvalue weighted by Crippen LogP contribution is -2.48. The molecule has 0 radical (unpaired) electrons. The van der Waals surface area contributed by atoms with Gasteiger partial charge in [0, 0.05) is 41.9 Å². The van der Waals surface area contributed by atoms with E-state index in [9.17, 15) is 40.7 Å². The Balaban J connectivity index is 1.96. The lowest BCUT2D eigenvalue weighted by atomic mass is 9.83. The van der Waals surface area contributed by atoms with Gasteiger partial charge in [0.1, 0.15) is 5.75 Å². The summed E-state index contributed by atoms with van der Waals surface area (Å²) in [6, 6.07) is 13.3. The zero-order chi connectivity index (χ0) is 30.4. The quantitative estimate of drug-likeness (QED) is 0.330. The minimum Gasteiger partial charge on any atom is -0.497 e. The largest absolute Gasteiger partial charge is 0.497 e. The number of benzodiazepines with no additional fused rings is 1. The van der Waals surface area contributed by atoms with Crippen LogP contribution in [0.15, 0.2) is 53.5 Å². The van der Waals surface area contributed by atoms with Gasteiger partial charge in [0.25, 0.3) is 5.91 Å². The van der Waals surface area contributed by atoms with Crippen molar-refractivity contribution >= 4 is 29.1 Å². The highest BCUT2D eigenvalue weighted by atomic mass is 19.4. The maximum atomic E-state index is 13.3. The molecule has 222 valence electrons. The van der Waals surface area contributed by atoms with Gasteiger partial charge in [-0.1, -0.05) is 30.3 Å². The third-order valence-corrected chi connectivity index (χ3v) is 6.47. The lowest BCUT2D eigenvalue weighted by Gasteiger charge is -2.26. The predicted molar refractivity (Wildman–Crippen MR) is 137 cm³/mol. The summed E-state index contributed by atoms with van der Waals surface area (Å²) in [6.07, 6.45) is -15.9. The smallest absolute Gasteiger partial charge is 0.389 e. The number of hydrogen-bond donors (Lipinski definition) is 3. The van der Waals surface area contributed by atoms with Crippen molar-refractivity contribution < 1.29 is 45.5 Å². The molecule has 0 saturated heterocycles. The minimum atomic E-state index is -4.73. The van der Waals surface area contributed by atoms with Crippen molar-refractivity contribution in [2.45, 2.75) is 50.6 Å². The molecule has 0 fully saturated rings. The fourth-order valence-electron chi connectivity index (χ4n) is 4.48. The summed E-state index contributed by atoms with van der Waals surface area (Å²) in [7, 11) is 1.42. The standard InChI is InChI=1S/C27H28F6N4O4/c1-41-16-9-10-19-20(14-16)35-25(40)23(36-21(19)15-6-3-2-4-7-15)37-24(39)18(11-13-27(31,32)33)17(22(34)38)8-5-12-26(28,29)30/h2-4,6-7,9-10,14,17-18,23H,5,8,11-13H2,1H3,(H2,34,38)(H,35,40)(H,37,39)/t17-,18+,23+/m0/s1. The molecule has 3 rings (SSSR count). The van der Waals surface area contributed by atoms with E-state index < -0.39 is 80.2 Å². The molecule has 3 amide bonds. The number of rotatable bonds is 11. The highest BCUT2D eigenvalue weighted by Gasteiger charge is 2.39. The Labute approximate surface area is 231 Å². The van der Waals surface area contributed by atoms with Crippen molar-refractivity contribution in [2.75, 3.05) is 12.4 Å². The van der Waals surface area contributed by atoms with Crippen LogP contribution in [0.2, 0.25) is 0 Å². The van der Waals surface area contributed by atoms with Crippen molar-refractivity contribution in [3.63, 3.8) is 0 Å². The topological polar surface area (TPSA) is 123 Å². The number of benzene rings is 2. The molecular weight excluding hydrogens is 558 g/mol. The maximum Gasteiger partial charge on any atom is 0.389 e. The summed E-state index contributed by atoms with van der Waals surface area (Å²) in [5, 5.41) is 4.89. The summed E-state index contributed by atoms with van der Waals surface area (Å²) in [4.78, 5) is 43.0. The van der Waals surface area contributed by atoms with Gasteiger partial charge in [-0.2, -0.15) is 26.3 Å². The van der Waals surface area contributed by atoms with Crippen LogP contribution in [0.3, 0.4) is 0 Å². The van der Waals surface area contributed by atoms with Gasteiger partial charge in [-0.05, 0) is 31.4 Å². The van der Waals surface area contributed by atoms with E-state index >= 15 is 0 Å². The molecule has 8 nitrogen and oxygen atoms in total. The van der Waals surface area contributed by atoms with Crippen molar-refractivity contribution in [2.24, 2.45) is 22.6 Å². The SMILES string of the molecule is COc1ccc2c(c1)NC(=O)[C@@H](NC(=O)[C@H](CCC(F)(F)F)[C@H](CCCC(F)(F)F)C(N)=O)N=C2c1ccccc1. The van der Waals surface area contributed by atoms with Crippen LogP contribution in [0.25, 0.3) is 0 Å². The Morgan fingerprint density at radius 3 is 2.24 bits per heavy atom. The monoisotopic (exact) mass is 586 g/mol. The molecule has 1 aliphatic heterocycles. The van der Waals surface area contributed by atoms with Gasteiger partial charge in [-0.25, -0.2) is 4.99 Å². The second kappa shape index (κ2) is 13.0. The number of nitrogens with two attached hydrogens (primary N) is 1. The third-order valence-electron chi connectivity index (χ3n) is 6.47. The third kappa shape index (κ3) is 8.95. The molecule has 1 aliphatic rings. The molecule has 14 heteroatoms. The van der Waals surface area contributed by atoms with E-state index in [0.717, 1.165) is 0 Å². The minimum absolute atomic E-state index is 0.260. The number of amides is 3. The van der Waals surface area contributed by atoms with Gasteiger partial charge in [0.2, 0.25) is 18.0 Å². The number of primary amides is 1. The number of alkyl halides is 6. The van der Waals surface area contributed by atoms with Crippen LogP contribution < -0.4 is 21.1 Å². The van der Waals surface area contributed by atoms with E-state index in [4.69, 9.17) is 10.5 Å². The zero-order valence-corrected chi connectivity index (χ0v) is 21.8. The highest BCUT2D eigenvalue weighted by molar-refractivity contribution is 6.20. The first kappa shape index (κ1) is 31.4. The molecule has 0 bridgehead atoms. The molecule has 41 heavy (non-hydrogen) atoms. The second-order valence-electron chi connectivity index (χ2n) is 9.43. The van der Waals surface area contributed by atoms with E-state index in [-0.39, 0.29) is 11.4 Å². The lowest BCUT2D eigenvalue weighted by molar-refractivity contribution is -0.147. The van der Waals surface area contributed by atoms with Gasteiger partial charge >= 0.3 is 12.4 Å². The molecule has 0 spiro atoms. The normalized spacial score (nSPS) is 16.9. The molecule has 2 aromatic rings. The first-order valence-electron chi connectivity index (χ1n) is 12.5. The van der Waals surface area contributed by atoms with E-state index in [1.54, 1.807) is 42.5 Å². The molecule has 1 heterocycles. The molecule has 0 saturated carbocycles. The van der Waals surface area contributed by atoms with Gasteiger partial charge in [-0.15, -0.1) is 0 Å².